The van der Waals surface area contributed by atoms with Crippen LogP contribution in [0, 0.1) is 0 Å². The number of hydrogen-bond acceptors (Lipinski definition) is 4. The molecule has 3 heterocycles. The largest absolute Gasteiger partial charge is 0.357 e. The smallest absolute Gasteiger partial charge is 0.128 e. The Kier molecular flexibility index (Phi) is 5.68. The summed E-state index contributed by atoms with van der Waals surface area (Å²) >= 11 is 0. The molecule has 0 unspecified atom stereocenters. The lowest BCUT2D eigenvalue weighted by Crippen LogP contribution is -2.33. The maximum atomic E-state index is 4.77. The standard InChI is InChI=1S/C24H28N4/c1-27(2)18-19-6-5-7-21(16-19)22-9-10-24(26-17-22)28-14-11-20(12-15-28)23-8-3-4-13-25-23/h3-10,13,16-17,20H,11-12,14-15,18H2,1-2H3. The van der Waals surface area contributed by atoms with E-state index in [-0.39, 0.29) is 0 Å². The number of benzene rings is 1. The Balaban J connectivity index is 1.41. The molecule has 2 aromatic heterocycles. The first-order valence-corrected chi connectivity index (χ1v) is 10.0. The lowest BCUT2D eigenvalue weighted by Gasteiger charge is -2.32. The summed E-state index contributed by atoms with van der Waals surface area (Å²) in [4.78, 5) is 13.9. The molecule has 0 radical (unpaired) electrons. The average Bonchev–Trinajstić information content (AvgIpc) is 2.74. The number of aromatic nitrogens is 2. The third-order valence-electron chi connectivity index (χ3n) is 5.43. The molecule has 3 aromatic rings. The molecule has 1 aliphatic rings. The van der Waals surface area contributed by atoms with Gasteiger partial charge < -0.3 is 9.80 Å². The second-order valence-corrected chi connectivity index (χ2v) is 7.86. The highest BCUT2D eigenvalue weighted by atomic mass is 15.2. The Bertz CT molecular complexity index is 882. The van der Waals surface area contributed by atoms with Crippen molar-refractivity contribution in [2.24, 2.45) is 0 Å². The maximum absolute atomic E-state index is 4.77. The molecule has 4 rings (SSSR count). The Morgan fingerprint density at radius 3 is 2.46 bits per heavy atom. The Labute approximate surface area is 167 Å². The van der Waals surface area contributed by atoms with Crippen LogP contribution in [0.15, 0.2) is 67.0 Å². The molecular weight excluding hydrogens is 344 g/mol. The quantitative estimate of drug-likeness (QED) is 0.656. The molecule has 1 aromatic carbocycles. The summed E-state index contributed by atoms with van der Waals surface area (Å²) < 4.78 is 0. The van der Waals surface area contributed by atoms with Gasteiger partial charge in [-0.25, -0.2) is 4.98 Å². The van der Waals surface area contributed by atoms with Crippen LogP contribution in [0.25, 0.3) is 11.1 Å². The molecule has 0 bridgehead atoms. The second-order valence-electron chi connectivity index (χ2n) is 7.86. The highest BCUT2D eigenvalue weighted by molar-refractivity contribution is 5.64. The summed E-state index contributed by atoms with van der Waals surface area (Å²) in [5.74, 6) is 1.64. The number of rotatable bonds is 5. The maximum Gasteiger partial charge on any atom is 0.128 e. The van der Waals surface area contributed by atoms with Gasteiger partial charge in [-0.2, -0.15) is 0 Å². The van der Waals surface area contributed by atoms with E-state index < -0.39 is 0 Å². The minimum Gasteiger partial charge on any atom is -0.357 e. The van der Waals surface area contributed by atoms with Crippen molar-refractivity contribution in [2.45, 2.75) is 25.3 Å². The van der Waals surface area contributed by atoms with E-state index in [2.05, 4.69) is 77.4 Å². The molecule has 28 heavy (non-hydrogen) atoms. The van der Waals surface area contributed by atoms with Crippen LogP contribution in [0.3, 0.4) is 0 Å². The lowest BCUT2D eigenvalue weighted by atomic mass is 9.93. The van der Waals surface area contributed by atoms with Gasteiger partial charge in [0.05, 0.1) is 0 Å². The van der Waals surface area contributed by atoms with Crippen LogP contribution in [0.5, 0.6) is 0 Å². The first-order valence-electron chi connectivity index (χ1n) is 10.0. The van der Waals surface area contributed by atoms with Gasteiger partial charge in [0, 0.05) is 49.2 Å². The van der Waals surface area contributed by atoms with Crippen LogP contribution in [-0.2, 0) is 6.54 Å². The van der Waals surface area contributed by atoms with Gasteiger partial charge >= 0.3 is 0 Å². The van der Waals surface area contributed by atoms with Gasteiger partial charge in [-0.3, -0.25) is 4.98 Å². The zero-order valence-electron chi connectivity index (χ0n) is 16.8. The highest BCUT2D eigenvalue weighted by Gasteiger charge is 2.22. The molecule has 4 nitrogen and oxygen atoms in total. The van der Waals surface area contributed by atoms with Crippen LogP contribution < -0.4 is 4.90 Å². The normalized spacial score (nSPS) is 15.2. The third-order valence-corrected chi connectivity index (χ3v) is 5.43. The third kappa shape index (κ3) is 4.39. The van der Waals surface area contributed by atoms with Crippen molar-refractivity contribution in [3.8, 4) is 11.1 Å². The number of nitrogens with zero attached hydrogens (tertiary/aromatic N) is 4. The first-order chi connectivity index (χ1) is 13.7. The van der Waals surface area contributed by atoms with Gasteiger partial charge in [-0.15, -0.1) is 0 Å². The number of hydrogen-bond donors (Lipinski definition) is 0. The van der Waals surface area contributed by atoms with Crippen molar-refractivity contribution in [3.05, 3.63) is 78.2 Å². The Morgan fingerprint density at radius 2 is 1.79 bits per heavy atom. The molecule has 0 saturated carbocycles. The van der Waals surface area contributed by atoms with E-state index in [0.29, 0.717) is 5.92 Å². The SMILES string of the molecule is CN(C)Cc1cccc(-c2ccc(N3CCC(c4ccccn4)CC3)nc2)c1. The van der Waals surface area contributed by atoms with Crippen LogP contribution >= 0.6 is 0 Å². The topological polar surface area (TPSA) is 32.3 Å². The van der Waals surface area contributed by atoms with E-state index in [4.69, 9.17) is 4.98 Å². The van der Waals surface area contributed by atoms with Crippen molar-refractivity contribution < 1.29 is 0 Å². The molecule has 0 aliphatic carbocycles. The molecular formula is C24H28N4. The van der Waals surface area contributed by atoms with Gasteiger partial charge in [0.2, 0.25) is 0 Å². The van der Waals surface area contributed by atoms with E-state index >= 15 is 0 Å². The summed E-state index contributed by atoms with van der Waals surface area (Å²) in [6, 6.07) is 19.3. The van der Waals surface area contributed by atoms with Crippen molar-refractivity contribution in [3.63, 3.8) is 0 Å². The monoisotopic (exact) mass is 372 g/mol. The highest BCUT2D eigenvalue weighted by Crippen LogP contribution is 2.29. The summed E-state index contributed by atoms with van der Waals surface area (Å²) in [6.07, 6.45) is 6.17. The van der Waals surface area contributed by atoms with Gasteiger partial charge in [0.15, 0.2) is 0 Å². The summed E-state index contributed by atoms with van der Waals surface area (Å²) in [5.41, 5.74) is 4.95. The Morgan fingerprint density at radius 1 is 0.929 bits per heavy atom. The van der Waals surface area contributed by atoms with Crippen molar-refractivity contribution in [1.29, 1.82) is 0 Å². The van der Waals surface area contributed by atoms with Crippen LogP contribution in [-0.4, -0.2) is 42.1 Å². The van der Waals surface area contributed by atoms with Crippen LogP contribution in [0.2, 0.25) is 0 Å². The lowest BCUT2D eigenvalue weighted by molar-refractivity contribution is 0.402. The fourth-order valence-electron chi connectivity index (χ4n) is 3.98. The number of anilines is 1. The van der Waals surface area contributed by atoms with E-state index in [1.54, 1.807) is 0 Å². The van der Waals surface area contributed by atoms with Gasteiger partial charge in [-0.1, -0.05) is 24.3 Å². The summed E-state index contributed by atoms with van der Waals surface area (Å²) in [5, 5.41) is 0. The summed E-state index contributed by atoms with van der Waals surface area (Å²) in [6.45, 7) is 3.02. The fourth-order valence-corrected chi connectivity index (χ4v) is 3.98. The van der Waals surface area contributed by atoms with E-state index in [1.807, 2.05) is 18.5 Å². The molecule has 0 N–H and O–H groups in total. The molecule has 0 atom stereocenters. The molecule has 0 spiro atoms. The van der Waals surface area contributed by atoms with Gasteiger partial charge in [-0.05, 0) is 68.4 Å². The molecule has 144 valence electrons. The number of pyridine rings is 2. The Hall–Kier alpha value is -2.72. The van der Waals surface area contributed by atoms with Gasteiger partial charge in [0.25, 0.3) is 0 Å². The summed E-state index contributed by atoms with van der Waals surface area (Å²) in [7, 11) is 4.19. The van der Waals surface area contributed by atoms with E-state index in [1.165, 1.54) is 22.4 Å². The average molecular weight is 373 g/mol. The van der Waals surface area contributed by atoms with Crippen LogP contribution in [0.1, 0.15) is 30.0 Å². The van der Waals surface area contributed by atoms with Crippen molar-refractivity contribution in [2.75, 3.05) is 32.1 Å². The van der Waals surface area contributed by atoms with Crippen molar-refractivity contribution in [1.82, 2.24) is 14.9 Å². The fraction of sp³-hybridized carbons (Fsp3) is 0.333. The minimum absolute atomic E-state index is 0.566. The molecule has 0 amide bonds. The molecule has 1 fully saturated rings. The second kappa shape index (κ2) is 8.53. The minimum atomic E-state index is 0.566. The van der Waals surface area contributed by atoms with E-state index in [0.717, 1.165) is 38.3 Å². The predicted molar refractivity (Wildman–Crippen MR) is 115 cm³/mol. The predicted octanol–water partition coefficient (Wildman–Crippen LogP) is 4.59. The van der Waals surface area contributed by atoms with Crippen LogP contribution in [0.4, 0.5) is 5.82 Å². The molecule has 4 heteroatoms. The van der Waals surface area contributed by atoms with Gasteiger partial charge in [0.1, 0.15) is 5.82 Å². The number of piperidine rings is 1. The zero-order chi connectivity index (χ0) is 19.3. The molecule has 1 saturated heterocycles. The van der Waals surface area contributed by atoms with Crippen molar-refractivity contribution >= 4 is 5.82 Å². The van der Waals surface area contributed by atoms with E-state index in [9.17, 15) is 0 Å². The zero-order valence-corrected chi connectivity index (χ0v) is 16.8. The first kappa shape index (κ1) is 18.6. The molecule has 1 aliphatic heterocycles.